The molecule has 21 heavy (non-hydrogen) atoms. The van der Waals surface area contributed by atoms with E-state index >= 15 is 0 Å². The quantitative estimate of drug-likeness (QED) is 0.820. The molecule has 1 heterocycles. The molecule has 1 aromatic heterocycles. The third kappa shape index (κ3) is 3.95. The Bertz CT molecular complexity index is 611. The fourth-order valence-electron chi connectivity index (χ4n) is 1.78. The first-order valence-corrected chi connectivity index (χ1v) is 6.47. The summed E-state index contributed by atoms with van der Waals surface area (Å²) in [5.41, 5.74) is 1.10. The van der Waals surface area contributed by atoms with Crippen molar-refractivity contribution in [3.8, 4) is 11.5 Å². The smallest absolute Gasteiger partial charge is 0.387 e. The normalized spacial score (nSPS) is 10.5. The van der Waals surface area contributed by atoms with Crippen LogP contribution in [0, 0.1) is 0 Å². The highest BCUT2D eigenvalue weighted by Crippen LogP contribution is 2.30. The van der Waals surface area contributed by atoms with E-state index in [1.807, 2.05) is 0 Å². The molecule has 2 aromatic rings. The molecule has 4 nitrogen and oxygen atoms in total. The van der Waals surface area contributed by atoms with E-state index in [0.29, 0.717) is 17.0 Å². The molecule has 1 aromatic carbocycles. The van der Waals surface area contributed by atoms with E-state index in [9.17, 15) is 8.78 Å². The maximum absolute atomic E-state index is 12.4. The number of halogens is 3. The maximum atomic E-state index is 12.4. The Morgan fingerprint density at radius 3 is 2.67 bits per heavy atom. The van der Waals surface area contributed by atoms with Gasteiger partial charge in [0.2, 0.25) is 0 Å². The van der Waals surface area contributed by atoms with Crippen LogP contribution in [0.5, 0.6) is 11.5 Å². The molecule has 7 heteroatoms. The van der Waals surface area contributed by atoms with Crippen LogP contribution in [-0.4, -0.2) is 18.6 Å². The fraction of sp³-hybridized carbons (Fsp3) is 0.214. The largest absolute Gasteiger partial charge is 0.485 e. The van der Waals surface area contributed by atoms with Crippen molar-refractivity contribution >= 4 is 17.3 Å². The summed E-state index contributed by atoms with van der Waals surface area (Å²) in [5, 5.41) is 3.11. The van der Waals surface area contributed by atoms with Crippen molar-refractivity contribution in [1.82, 2.24) is 4.98 Å². The van der Waals surface area contributed by atoms with Crippen molar-refractivity contribution in [1.29, 1.82) is 0 Å². The molecule has 0 saturated carbocycles. The summed E-state index contributed by atoms with van der Waals surface area (Å²) in [6.07, 6.45) is 1.53. The molecule has 0 unspecified atom stereocenters. The Morgan fingerprint density at radius 1 is 1.24 bits per heavy atom. The van der Waals surface area contributed by atoms with Gasteiger partial charge in [0.05, 0.1) is 5.56 Å². The fourth-order valence-corrected chi connectivity index (χ4v) is 1.96. The van der Waals surface area contributed by atoms with E-state index in [1.54, 1.807) is 31.3 Å². The van der Waals surface area contributed by atoms with Crippen LogP contribution in [0.2, 0.25) is 5.15 Å². The van der Waals surface area contributed by atoms with Gasteiger partial charge < -0.3 is 14.8 Å². The van der Waals surface area contributed by atoms with Crippen molar-refractivity contribution in [3.63, 3.8) is 0 Å². The number of nitrogens with one attached hydrogen (secondary N) is 1. The first-order chi connectivity index (χ1) is 10.1. The lowest BCUT2D eigenvalue weighted by Gasteiger charge is -2.15. The predicted molar refractivity (Wildman–Crippen MR) is 76.2 cm³/mol. The summed E-state index contributed by atoms with van der Waals surface area (Å²) in [6.45, 7) is -2.89. The zero-order chi connectivity index (χ0) is 15.2. The van der Waals surface area contributed by atoms with E-state index in [2.05, 4.69) is 15.0 Å². The van der Waals surface area contributed by atoms with E-state index in [0.717, 1.165) is 0 Å². The van der Waals surface area contributed by atoms with Crippen LogP contribution >= 0.6 is 11.6 Å². The van der Waals surface area contributed by atoms with E-state index in [-0.39, 0.29) is 17.5 Å². The number of nitrogens with zero attached hydrogens (tertiary/aromatic N) is 1. The number of benzene rings is 1. The summed E-state index contributed by atoms with van der Waals surface area (Å²) in [4.78, 5) is 3.88. The molecule has 0 aliphatic rings. The molecular formula is C14H13ClF2N2O2. The molecule has 112 valence electrons. The third-order valence-electron chi connectivity index (χ3n) is 2.72. The zero-order valence-electron chi connectivity index (χ0n) is 11.1. The van der Waals surface area contributed by atoms with Crippen LogP contribution in [0.15, 0.2) is 36.5 Å². The molecule has 0 amide bonds. The minimum atomic E-state index is -2.90. The minimum absolute atomic E-state index is 0.0183. The second-order valence-corrected chi connectivity index (χ2v) is 4.35. The summed E-state index contributed by atoms with van der Waals surface area (Å²) < 4.78 is 34.9. The minimum Gasteiger partial charge on any atom is -0.485 e. The number of ether oxygens (including phenoxy) is 2. The molecule has 0 bridgehead atoms. The van der Waals surface area contributed by atoms with Crippen LogP contribution in [-0.2, 0) is 6.61 Å². The molecule has 1 N–H and O–H groups in total. The maximum Gasteiger partial charge on any atom is 0.387 e. The summed E-state index contributed by atoms with van der Waals surface area (Å²) in [6, 6.07) is 8.12. The van der Waals surface area contributed by atoms with Crippen molar-refractivity contribution in [2.24, 2.45) is 0 Å². The number of anilines is 1. The molecule has 0 fully saturated rings. The predicted octanol–water partition coefficient (Wildman–Crippen LogP) is 3.96. The van der Waals surface area contributed by atoms with Crippen LogP contribution < -0.4 is 14.8 Å². The van der Waals surface area contributed by atoms with Crippen LogP contribution in [0.4, 0.5) is 14.5 Å². The lowest BCUT2D eigenvalue weighted by Crippen LogP contribution is -2.08. The molecule has 0 aliphatic carbocycles. The Hall–Kier alpha value is -2.08. The number of pyridine rings is 1. The van der Waals surface area contributed by atoms with Gasteiger partial charge in [-0.25, -0.2) is 4.98 Å². The zero-order valence-corrected chi connectivity index (χ0v) is 11.9. The summed E-state index contributed by atoms with van der Waals surface area (Å²) in [7, 11) is 1.68. The standard InChI is InChI=1S/C14H13ClF2N2O2/c1-18-10-4-2-5-11(21-14(16)17)9(10)8-20-12-6-3-7-19-13(12)15/h2-7,14,18H,8H2,1H3. The molecule has 2 rings (SSSR count). The van der Waals surface area contributed by atoms with E-state index in [4.69, 9.17) is 16.3 Å². The topological polar surface area (TPSA) is 43.4 Å². The third-order valence-corrected chi connectivity index (χ3v) is 3.00. The van der Waals surface area contributed by atoms with Gasteiger partial charge in [0, 0.05) is 18.9 Å². The van der Waals surface area contributed by atoms with Gasteiger partial charge >= 0.3 is 6.61 Å². The van der Waals surface area contributed by atoms with E-state index < -0.39 is 6.61 Å². The number of aromatic nitrogens is 1. The van der Waals surface area contributed by atoms with Crippen molar-refractivity contribution in [3.05, 3.63) is 47.2 Å². The molecule has 0 radical (unpaired) electrons. The van der Waals surface area contributed by atoms with Gasteiger partial charge in [0.25, 0.3) is 0 Å². The highest BCUT2D eigenvalue weighted by atomic mass is 35.5. The first-order valence-electron chi connectivity index (χ1n) is 6.09. The molecular weight excluding hydrogens is 302 g/mol. The van der Waals surface area contributed by atoms with Crippen molar-refractivity contribution < 1.29 is 18.3 Å². The van der Waals surface area contributed by atoms with Gasteiger partial charge in [-0.3, -0.25) is 0 Å². The van der Waals surface area contributed by atoms with Crippen LogP contribution in [0.3, 0.4) is 0 Å². The number of hydrogen-bond acceptors (Lipinski definition) is 4. The summed E-state index contributed by atoms with van der Waals surface area (Å²) >= 11 is 5.89. The second-order valence-electron chi connectivity index (χ2n) is 3.99. The Morgan fingerprint density at radius 2 is 2.00 bits per heavy atom. The van der Waals surface area contributed by atoms with Gasteiger partial charge in [0.1, 0.15) is 12.4 Å². The average molecular weight is 315 g/mol. The number of hydrogen-bond donors (Lipinski definition) is 1. The average Bonchev–Trinajstić information content (AvgIpc) is 2.46. The molecule has 0 aliphatic heterocycles. The highest BCUT2D eigenvalue weighted by molar-refractivity contribution is 6.30. The van der Waals surface area contributed by atoms with Gasteiger partial charge in [-0.2, -0.15) is 8.78 Å². The van der Waals surface area contributed by atoms with Gasteiger partial charge in [-0.15, -0.1) is 0 Å². The lowest BCUT2D eigenvalue weighted by atomic mass is 10.1. The Labute approximate surface area is 125 Å². The van der Waals surface area contributed by atoms with Gasteiger partial charge in [-0.1, -0.05) is 17.7 Å². The highest BCUT2D eigenvalue weighted by Gasteiger charge is 2.14. The van der Waals surface area contributed by atoms with Crippen molar-refractivity contribution in [2.75, 3.05) is 12.4 Å². The van der Waals surface area contributed by atoms with Crippen molar-refractivity contribution in [2.45, 2.75) is 13.2 Å². The lowest BCUT2D eigenvalue weighted by molar-refractivity contribution is -0.0507. The molecule has 0 atom stereocenters. The monoisotopic (exact) mass is 314 g/mol. The SMILES string of the molecule is CNc1cccc(OC(F)F)c1COc1cccnc1Cl. The van der Waals surface area contributed by atoms with Crippen LogP contribution in [0.1, 0.15) is 5.56 Å². The Kier molecular flexibility index (Phi) is 5.16. The van der Waals surface area contributed by atoms with Crippen LogP contribution in [0.25, 0.3) is 0 Å². The number of rotatable bonds is 6. The molecule has 0 spiro atoms. The van der Waals surface area contributed by atoms with Gasteiger partial charge in [0.15, 0.2) is 10.9 Å². The second kappa shape index (κ2) is 7.08. The number of alkyl halides is 2. The van der Waals surface area contributed by atoms with E-state index in [1.165, 1.54) is 12.3 Å². The molecule has 0 saturated heterocycles. The first kappa shape index (κ1) is 15.3. The van der Waals surface area contributed by atoms with Gasteiger partial charge in [-0.05, 0) is 24.3 Å². The Balaban J connectivity index is 2.23. The summed E-state index contributed by atoms with van der Waals surface area (Å²) in [5.74, 6) is 0.421.